The number of hydrogen-bond acceptors (Lipinski definition) is 6. The second-order valence-electron chi connectivity index (χ2n) is 13.6. The molecule has 0 radical (unpaired) electrons. The van der Waals surface area contributed by atoms with Crippen molar-refractivity contribution in [2.45, 2.75) is 64.0 Å². The first-order chi connectivity index (χ1) is 20.4. The van der Waals surface area contributed by atoms with Gasteiger partial charge < -0.3 is 19.7 Å². The normalized spacial score (nSPS) is 33.5. The molecule has 7 fully saturated rings. The summed E-state index contributed by atoms with van der Waals surface area (Å²) in [6, 6.07) is 10.7. The number of hydrogen-bond donors (Lipinski definition) is 1. The first kappa shape index (κ1) is 27.8. The number of methoxy groups -OCH3 is 1. The zero-order chi connectivity index (χ0) is 30.4. The number of nitrogens with zero attached hydrogens (tertiary/aromatic N) is 2. The Hall–Kier alpha value is -4.00. The third kappa shape index (κ3) is 4.07. The van der Waals surface area contributed by atoms with Gasteiger partial charge >= 0.3 is 5.97 Å². The first-order valence-corrected chi connectivity index (χ1v) is 14.8. The van der Waals surface area contributed by atoms with Crippen LogP contribution in [0, 0.1) is 44.6 Å². The van der Waals surface area contributed by atoms with Crippen molar-refractivity contribution >= 4 is 17.8 Å². The number of halogens is 2. The Morgan fingerprint density at radius 2 is 1.63 bits per heavy atom. The summed E-state index contributed by atoms with van der Waals surface area (Å²) < 4.78 is 41.4. The van der Waals surface area contributed by atoms with Crippen LogP contribution in [0.5, 0.6) is 5.75 Å². The molecular formula is C33H33F2N3O5. The van der Waals surface area contributed by atoms with E-state index in [-0.39, 0.29) is 40.3 Å². The van der Waals surface area contributed by atoms with E-state index in [0.29, 0.717) is 74.9 Å². The molecule has 1 aliphatic heterocycles. The molecule has 0 spiro atoms. The Morgan fingerprint density at radius 1 is 1.00 bits per heavy atom. The van der Waals surface area contributed by atoms with Gasteiger partial charge in [-0.05, 0) is 80.8 Å². The number of amides is 2. The van der Waals surface area contributed by atoms with Gasteiger partial charge in [-0.2, -0.15) is 5.26 Å². The van der Waals surface area contributed by atoms with E-state index in [0.717, 1.165) is 0 Å². The van der Waals surface area contributed by atoms with E-state index < -0.39 is 28.5 Å². The van der Waals surface area contributed by atoms with Crippen LogP contribution in [0.1, 0.15) is 63.5 Å². The summed E-state index contributed by atoms with van der Waals surface area (Å²) in [5, 5.41) is 12.1. The van der Waals surface area contributed by atoms with Crippen molar-refractivity contribution in [2.75, 3.05) is 20.2 Å². The van der Waals surface area contributed by atoms with Gasteiger partial charge in [0, 0.05) is 13.0 Å². The molecule has 43 heavy (non-hydrogen) atoms. The van der Waals surface area contributed by atoms with Gasteiger partial charge in [0.2, 0.25) is 11.8 Å². The minimum absolute atomic E-state index is 0.126. The fourth-order valence-electron chi connectivity index (χ4n) is 8.38. The second-order valence-corrected chi connectivity index (χ2v) is 13.6. The highest BCUT2D eigenvalue weighted by Gasteiger charge is 2.75. The lowest BCUT2D eigenvalue weighted by molar-refractivity contribution is -0.223. The predicted molar refractivity (Wildman–Crippen MR) is 149 cm³/mol. The molecule has 2 amide bonds. The second kappa shape index (κ2) is 9.25. The van der Waals surface area contributed by atoms with Crippen LogP contribution in [0.3, 0.4) is 0 Å². The first-order valence-electron chi connectivity index (χ1n) is 14.8. The summed E-state index contributed by atoms with van der Waals surface area (Å²) in [5.74, 6) is -1.31. The highest BCUT2D eigenvalue weighted by atomic mass is 19.1. The van der Waals surface area contributed by atoms with Crippen molar-refractivity contribution in [1.82, 2.24) is 10.2 Å². The lowest BCUT2D eigenvalue weighted by atomic mass is 9.35. The third-order valence-electron chi connectivity index (χ3n) is 10.6. The van der Waals surface area contributed by atoms with Crippen molar-refractivity contribution < 1.29 is 32.6 Å². The number of nitrogens with one attached hydrogen (secondary N) is 1. The van der Waals surface area contributed by atoms with Crippen molar-refractivity contribution in [3.05, 3.63) is 53.6 Å². The fourth-order valence-corrected chi connectivity index (χ4v) is 8.38. The maximum atomic E-state index is 15.2. The van der Waals surface area contributed by atoms with Gasteiger partial charge in [-0.15, -0.1) is 0 Å². The predicted octanol–water partition coefficient (Wildman–Crippen LogP) is 4.83. The molecule has 1 saturated heterocycles. The summed E-state index contributed by atoms with van der Waals surface area (Å²) in [6.45, 7) is 2.77. The van der Waals surface area contributed by atoms with Crippen LogP contribution in [0.2, 0.25) is 0 Å². The van der Waals surface area contributed by atoms with Gasteiger partial charge in [0.25, 0.3) is 0 Å². The quantitative estimate of drug-likeness (QED) is 0.442. The van der Waals surface area contributed by atoms with Crippen LogP contribution in [-0.4, -0.2) is 49.0 Å². The number of rotatable bonds is 8. The SMILES string of the molecule is COC(=O)C12CC(C(=O)N[C@@H](C)c3cc(F)c(-c4ccc(OC5CCN(C(=O)C67CC(C#N)(C6)C7)C5)cc4)c(F)c3)(C1)C2. The van der Waals surface area contributed by atoms with Crippen LogP contribution < -0.4 is 10.1 Å². The third-order valence-corrected chi connectivity index (χ3v) is 10.6. The Balaban J connectivity index is 0.951. The minimum Gasteiger partial charge on any atom is -0.489 e. The van der Waals surface area contributed by atoms with Crippen LogP contribution in [0.15, 0.2) is 36.4 Å². The van der Waals surface area contributed by atoms with Gasteiger partial charge in [-0.1, -0.05) is 12.1 Å². The Labute approximate surface area is 248 Å². The lowest BCUT2D eigenvalue weighted by Gasteiger charge is -2.67. The molecule has 9 rings (SSSR count). The zero-order valence-electron chi connectivity index (χ0n) is 24.2. The van der Waals surface area contributed by atoms with E-state index >= 15 is 8.78 Å². The molecule has 6 aliphatic carbocycles. The van der Waals surface area contributed by atoms with E-state index in [9.17, 15) is 19.6 Å². The summed E-state index contributed by atoms with van der Waals surface area (Å²) in [5.41, 5.74) is -1.27. The van der Waals surface area contributed by atoms with Crippen molar-refractivity contribution in [2.24, 2.45) is 21.7 Å². The Kier molecular flexibility index (Phi) is 5.98. The number of nitriles is 1. The molecule has 2 aromatic rings. The Morgan fingerprint density at radius 3 is 2.21 bits per heavy atom. The molecule has 7 aliphatic rings. The molecule has 10 heteroatoms. The molecule has 2 atom stereocenters. The maximum Gasteiger partial charge on any atom is 0.311 e. The largest absolute Gasteiger partial charge is 0.489 e. The van der Waals surface area contributed by atoms with Gasteiger partial charge in [0.05, 0.1) is 53.0 Å². The van der Waals surface area contributed by atoms with E-state index in [1.165, 1.54) is 19.2 Å². The molecule has 8 nitrogen and oxygen atoms in total. The molecule has 0 aromatic heterocycles. The topological polar surface area (TPSA) is 109 Å². The van der Waals surface area contributed by atoms with Gasteiger partial charge in [-0.25, -0.2) is 8.78 Å². The van der Waals surface area contributed by atoms with E-state index in [1.54, 1.807) is 31.2 Å². The van der Waals surface area contributed by atoms with Gasteiger partial charge in [0.15, 0.2) is 0 Å². The standard InChI is InChI=1S/C33H33F2N3O5/c1-19(37-27(39)31-15-33(16-31,17-31)29(41)42-2)21-9-24(34)26(25(35)10-21)20-3-5-22(6-4-20)43-23-7-8-38(11-23)28(40)32-12-30(13-32,14-32)18-36/h3-6,9-10,19,23H,7-8,11-17H2,1-2H3,(H,37,39)/t19-,23?,30?,31?,32?,33?/m0/s1. The highest BCUT2D eigenvalue weighted by Crippen LogP contribution is 2.74. The number of likely N-dealkylation sites (tertiary alicyclic amines) is 1. The molecule has 1 N–H and O–H groups in total. The van der Waals surface area contributed by atoms with Crippen LogP contribution >= 0.6 is 0 Å². The van der Waals surface area contributed by atoms with Crippen molar-refractivity contribution in [1.29, 1.82) is 5.26 Å². The number of ether oxygens (including phenoxy) is 2. The minimum atomic E-state index is -0.739. The fraction of sp³-hybridized carbons (Fsp3) is 0.515. The number of benzene rings is 2. The van der Waals surface area contributed by atoms with Crippen LogP contribution in [0.4, 0.5) is 8.78 Å². The molecule has 1 heterocycles. The summed E-state index contributed by atoms with van der Waals surface area (Å²) in [4.78, 5) is 39.6. The molecular weight excluding hydrogens is 556 g/mol. The van der Waals surface area contributed by atoms with E-state index in [2.05, 4.69) is 11.4 Å². The summed E-state index contributed by atoms with van der Waals surface area (Å²) >= 11 is 0. The van der Waals surface area contributed by atoms with E-state index in [1.807, 2.05) is 4.90 Å². The lowest BCUT2D eigenvalue weighted by Crippen LogP contribution is -2.70. The average molecular weight is 590 g/mol. The Bertz CT molecular complexity index is 1540. The molecule has 2 aromatic carbocycles. The van der Waals surface area contributed by atoms with Gasteiger partial charge in [-0.3, -0.25) is 14.4 Å². The highest BCUT2D eigenvalue weighted by molar-refractivity contribution is 5.94. The zero-order valence-corrected chi connectivity index (χ0v) is 24.2. The van der Waals surface area contributed by atoms with E-state index in [4.69, 9.17) is 9.47 Å². The van der Waals surface area contributed by atoms with Gasteiger partial charge in [0.1, 0.15) is 23.5 Å². The number of carbonyl (C=O) groups is 3. The average Bonchev–Trinajstić information content (AvgIpc) is 3.34. The summed E-state index contributed by atoms with van der Waals surface area (Å²) in [6.07, 6.45) is 3.84. The van der Waals surface area contributed by atoms with Crippen molar-refractivity contribution in [3.63, 3.8) is 0 Å². The monoisotopic (exact) mass is 589 g/mol. The summed E-state index contributed by atoms with van der Waals surface area (Å²) in [7, 11) is 1.34. The number of carbonyl (C=O) groups excluding carboxylic acids is 3. The smallest absolute Gasteiger partial charge is 0.311 e. The number of esters is 1. The van der Waals surface area contributed by atoms with Crippen LogP contribution in [0.25, 0.3) is 11.1 Å². The molecule has 6 saturated carbocycles. The maximum absolute atomic E-state index is 15.2. The molecule has 4 bridgehead atoms. The van der Waals surface area contributed by atoms with Crippen molar-refractivity contribution in [3.8, 4) is 22.9 Å². The molecule has 224 valence electrons. The van der Waals surface area contributed by atoms with Crippen LogP contribution in [-0.2, 0) is 19.1 Å². The molecule has 1 unspecified atom stereocenters.